The number of hydrogen-bond donors (Lipinski definition) is 2. The summed E-state index contributed by atoms with van der Waals surface area (Å²) in [6, 6.07) is 7.22. The lowest BCUT2D eigenvalue weighted by atomic mass is 10.1. The van der Waals surface area contributed by atoms with Gasteiger partial charge in [-0.05, 0) is 37.0 Å². The molecule has 22 heavy (non-hydrogen) atoms. The summed E-state index contributed by atoms with van der Waals surface area (Å²) in [7, 11) is 0. The van der Waals surface area contributed by atoms with Gasteiger partial charge in [-0.3, -0.25) is 9.59 Å². The minimum atomic E-state index is -0.813. The zero-order valence-corrected chi connectivity index (χ0v) is 12.7. The van der Waals surface area contributed by atoms with Crippen LogP contribution in [-0.4, -0.2) is 22.0 Å². The lowest BCUT2D eigenvalue weighted by Crippen LogP contribution is -2.12. The lowest BCUT2D eigenvalue weighted by Gasteiger charge is -2.04. The van der Waals surface area contributed by atoms with E-state index in [2.05, 4.69) is 10.3 Å². The number of amides is 1. The van der Waals surface area contributed by atoms with Crippen LogP contribution in [-0.2, 0) is 11.2 Å². The van der Waals surface area contributed by atoms with Crippen molar-refractivity contribution in [1.29, 1.82) is 0 Å². The highest BCUT2D eigenvalue weighted by Gasteiger charge is 2.27. The van der Waals surface area contributed by atoms with Crippen LogP contribution in [0.3, 0.4) is 0 Å². The van der Waals surface area contributed by atoms with Crippen molar-refractivity contribution >= 4 is 28.9 Å². The molecule has 2 aromatic rings. The van der Waals surface area contributed by atoms with E-state index in [-0.39, 0.29) is 12.3 Å². The first-order valence-electron chi connectivity index (χ1n) is 7.19. The van der Waals surface area contributed by atoms with E-state index in [0.29, 0.717) is 23.7 Å². The van der Waals surface area contributed by atoms with Crippen LogP contribution >= 0.6 is 11.3 Å². The SMILES string of the molecule is O=C(O)CCc1ccc(NC(=O)c2csc(C3CC3)n2)cc1. The van der Waals surface area contributed by atoms with Gasteiger partial charge in [0, 0.05) is 23.4 Å². The number of aromatic nitrogens is 1. The first-order chi connectivity index (χ1) is 10.6. The smallest absolute Gasteiger partial charge is 0.303 e. The topological polar surface area (TPSA) is 79.3 Å². The van der Waals surface area contributed by atoms with Gasteiger partial charge in [0.1, 0.15) is 5.69 Å². The minimum absolute atomic E-state index is 0.106. The Morgan fingerprint density at radius 3 is 2.64 bits per heavy atom. The Morgan fingerprint density at radius 2 is 2.00 bits per heavy atom. The van der Waals surface area contributed by atoms with Gasteiger partial charge >= 0.3 is 5.97 Å². The Labute approximate surface area is 132 Å². The normalized spacial score (nSPS) is 13.8. The number of aryl methyl sites for hydroxylation is 1. The van der Waals surface area contributed by atoms with Gasteiger partial charge in [-0.2, -0.15) is 0 Å². The Bertz CT molecular complexity index is 690. The molecule has 1 saturated carbocycles. The number of carboxylic acids is 1. The monoisotopic (exact) mass is 316 g/mol. The Hall–Kier alpha value is -2.21. The van der Waals surface area contributed by atoms with Crippen LogP contribution in [0, 0.1) is 0 Å². The van der Waals surface area contributed by atoms with Crippen LogP contribution in [0.25, 0.3) is 0 Å². The number of aliphatic carboxylic acids is 1. The fourth-order valence-electron chi connectivity index (χ4n) is 2.11. The summed E-state index contributed by atoms with van der Waals surface area (Å²) in [6.45, 7) is 0. The summed E-state index contributed by atoms with van der Waals surface area (Å²) < 4.78 is 0. The van der Waals surface area contributed by atoms with E-state index in [1.165, 1.54) is 12.8 Å². The Kier molecular flexibility index (Phi) is 4.20. The van der Waals surface area contributed by atoms with Crippen molar-refractivity contribution in [2.45, 2.75) is 31.6 Å². The van der Waals surface area contributed by atoms with Crippen molar-refractivity contribution in [2.75, 3.05) is 5.32 Å². The molecule has 1 aliphatic carbocycles. The molecule has 0 spiro atoms. The molecule has 0 bridgehead atoms. The van der Waals surface area contributed by atoms with Gasteiger partial charge in [0.2, 0.25) is 0 Å². The molecule has 0 aliphatic heterocycles. The van der Waals surface area contributed by atoms with Crippen molar-refractivity contribution in [3.05, 3.63) is 45.9 Å². The number of hydrogen-bond acceptors (Lipinski definition) is 4. The van der Waals surface area contributed by atoms with Crippen LogP contribution in [0.1, 0.15) is 46.2 Å². The summed E-state index contributed by atoms with van der Waals surface area (Å²) >= 11 is 1.54. The van der Waals surface area contributed by atoms with E-state index < -0.39 is 5.97 Å². The highest BCUT2D eigenvalue weighted by molar-refractivity contribution is 7.10. The molecule has 0 radical (unpaired) electrons. The van der Waals surface area contributed by atoms with Gasteiger partial charge in [-0.1, -0.05) is 12.1 Å². The predicted octanol–water partition coefficient (Wildman–Crippen LogP) is 3.29. The number of carbonyl (C=O) groups excluding carboxylic acids is 1. The molecular weight excluding hydrogens is 300 g/mol. The molecule has 1 aromatic heterocycles. The van der Waals surface area contributed by atoms with Crippen LogP contribution < -0.4 is 5.32 Å². The van der Waals surface area contributed by atoms with Crippen LogP contribution in [0.5, 0.6) is 0 Å². The maximum absolute atomic E-state index is 12.1. The molecule has 1 amide bonds. The first-order valence-corrected chi connectivity index (χ1v) is 8.07. The van der Waals surface area contributed by atoms with E-state index in [4.69, 9.17) is 5.11 Å². The van der Waals surface area contributed by atoms with Crippen LogP contribution in [0.4, 0.5) is 5.69 Å². The molecular formula is C16H16N2O3S. The molecule has 1 fully saturated rings. The number of thiazole rings is 1. The Morgan fingerprint density at radius 1 is 1.27 bits per heavy atom. The van der Waals surface area contributed by atoms with Crippen molar-refractivity contribution in [2.24, 2.45) is 0 Å². The predicted molar refractivity (Wildman–Crippen MR) is 84.4 cm³/mol. The maximum atomic E-state index is 12.1. The van der Waals surface area contributed by atoms with Crippen LogP contribution in [0.15, 0.2) is 29.6 Å². The Balaban J connectivity index is 1.59. The third-order valence-electron chi connectivity index (χ3n) is 3.52. The first kappa shape index (κ1) is 14.7. The molecule has 0 atom stereocenters. The van der Waals surface area contributed by atoms with Gasteiger partial charge in [-0.15, -0.1) is 11.3 Å². The summed E-state index contributed by atoms with van der Waals surface area (Å²) in [4.78, 5) is 27.0. The average molecular weight is 316 g/mol. The van der Waals surface area contributed by atoms with E-state index in [1.807, 2.05) is 12.1 Å². The lowest BCUT2D eigenvalue weighted by molar-refractivity contribution is -0.136. The molecule has 114 valence electrons. The summed E-state index contributed by atoms with van der Waals surface area (Å²) in [5.74, 6) is -0.464. The molecule has 1 aliphatic rings. The zero-order chi connectivity index (χ0) is 15.5. The molecule has 3 rings (SSSR count). The van der Waals surface area contributed by atoms with E-state index >= 15 is 0 Å². The van der Waals surface area contributed by atoms with Crippen molar-refractivity contribution in [3.63, 3.8) is 0 Å². The number of benzene rings is 1. The molecule has 0 saturated heterocycles. The second kappa shape index (κ2) is 6.27. The third-order valence-corrected chi connectivity index (χ3v) is 4.53. The minimum Gasteiger partial charge on any atom is -0.481 e. The van der Waals surface area contributed by atoms with E-state index in [9.17, 15) is 9.59 Å². The standard InChI is InChI=1S/C16H16N2O3S/c19-14(20)8-3-10-1-6-12(7-2-10)17-15(21)13-9-22-16(18-13)11-4-5-11/h1-2,6-7,9,11H,3-5,8H2,(H,17,21)(H,19,20). The van der Waals surface area contributed by atoms with Gasteiger partial charge in [-0.25, -0.2) is 4.98 Å². The fraction of sp³-hybridized carbons (Fsp3) is 0.312. The highest BCUT2D eigenvalue weighted by atomic mass is 32.1. The van der Waals surface area contributed by atoms with Crippen LogP contribution in [0.2, 0.25) is 0 Å². The third kappa shape index (κ3) is 3.71. The number of carbonyl (C=O) groups is 2. The molecule has 2 N–H and O–H groups in total. The van der Waals surface area contributed by atoms with Crippen molar-refractivity contribution in [1.82, 2.24) is 4.98 Å². The van der Waals surface area contributed by atoms with Gasteiger partial charge in [0.05, 0.1) is 5.01 Å². The fourth-order valence-corrected chi connectivity index (χ4v) is 3.08. The number of nitrogens with one attached hydrogen (secondary N) is 1. The quantitative estimate of drug-likeness (QED) is 0.857. The summed E-state index contributed by atoms with van der Waals surface area (Å²) in [6.07, 6.45) is 2.94. The largest absolute Gasteiger partial charge is 0.481 e. The maximum Gasteiger partial charge on any atom is 0.303 e. The molecule has 1 aromatic carbocycles. The molecule has 6 heteroatoms. The summed E-state index contributed by atoms with van der Waals surface area (Å²) in [5, 5.41) is 14.3. The molecule has 5 nitrogen and oxygen atoms in total. The van der Waals surface area contributed by atoms with Gasteiger partial charge < -0.3 is 10.4 Å². The number of anilines is 1. The van der Waals surface area contributed by atoms with E-state index in [0.717, 1.165) is 10.6 Å². The highest BCUT2D eigenvalue weighted by Crippen LogP contribution is 2.41. The second-order valence-electron chi connectivity index (χ2n) is 5.39. The second-order valence-corrected chi connectivity index (χ2v) is 6.28. The van der Waals surface area contributed by atoms with Gasteiger partial charge in [0.15, 0.2) is 0 Å². The number of rotatable bonds is 6. The zero-order valence-electron chi connectivity index (χ0n) is 11.9. The number of nitrogens with zero attached hydrogens (tertiary/aromatic N) is 1. The summed E-state index contributed by atoms with van der Waals surface area (Å²) in [5.41, 5.74) is 2.08. The van der Waals surface area contributed by atoms with Crippen molar-refractivity contribution < 1.29 is 14.7 Å². The van der Waals surface area contributed by atoms with Gasteiger partial charge in [0.25, 0.3) is 5.91 Å². The average Bonchev–Trinajstić information content (AvgIpc) is 3.23. The van der Waals surface area contributed by atoms with E-state index in [1.54, 1.807) is 28.8 Å². The van der Waals surface area contributed by atoms with Crippen molar-refractivity contribution in [3.8, 4) is 0 Å². The number of carboxylic acid groups (broad SMARTS) is 1. The molecule has 0 unspecified atom stereocenters. The molecule has 1 heterocycles.